The van der Waals surface area contributed by atoms with Crippen molar-refractivity contribution in [2.75, 3.05) is 11.9 Å². The molecule has 2 aromatic carbocycles. The lowest BCUT2D eigenvalue weighted by Crippen LogP contribution is -2.09. The summed E-state index contributed by atoms with van der Waals surface area (Å²) in [6, 6.07) is 11.7. The van der Waals surface area contributed by atoms with Crippen molar-refractivity contribution < 1.29 is 24.2 Å². The van der Waals surface area contributed by atoms with E-state index in [-0.39, 0.29) is 11.8 Å². The highest BCUT2D eigenvalue weighted by Gasteiger charge is 2.05. The molecule has 1 aromatic heterocycles. The lowest BCUT2D eigenvalue weighted by Gasteiger charge is -2.08. The first-order valence-electron chi connectivity index (χ1n) is 7.66. The average molecular weight is 353 g/mol. The largest absolute Gasteiger partial charge is 0.482 e. The van der Waals surface area contributed by atoms with Gasteiger partial charge in [0.15, 0.2) is 6.61 Å². The Morgan fingerprint density at radius 3 is 2.50 bits per heavy atom. The number of carboxylic acid groups (broad SMARTS) is 1. The van der Waals surface area contributed by atoms with E-state index in [0.717, 1.165) is 0 Å². The number of amides is 1. The number of hydrogen-bond donors (Lipinski definition) is 2. The fourth-order valence-electron chi connectivity index (χ4n) is 2.19. The molecule has 3 aromatic rings. The molecule has 0 aliphatic heterocycles. The third-order valence-corrected chi connectivity index (χ3v) is 3.25. The molecule has 0 bridgehead atoms. The van der Waals surface area contributed by atoms with Gasteiger partial charge in [0, 0.05) is 12.6 Å². The molecule has 0 aliphatic carbocycles. The third-order valence-electron chi connectivity index (χ3n) is 3.25. The molecule has 0 unspecified atom stereocenters. The van der Waals surface area contributed by atoms with E-state index in [1.807, 2.05) is 0 Å². The standard InChI is InChI=1S/C18H15N3O5/c1-11(22)20-12-2-7-15-16(8-12)21-17(9-19-15)26-14-5-3-13(4-6-14)25-10-18(23)24/h2-9H,10H2,1H3,(H,20,22)(H,23,24). The van der Waals surface area contributed by atoms with Gasteiger partial charge in [-0.1, -0.05) is 0 Å². The number of rotatable bonds is 6. The van der Waals surface area contributed by atoms with E-state index in [2.05, 4.69) is 15.3 Å². The number of anilines is 1. The predicted molar refractivity (Wildman–Crippen MR) is 93.5 cm³/mol. The van der Waals surface area contributed by atoms with Gasteiger partial charge in [0.2, 0.25) is 11.8 Å². The van der Waals surface area contributed by atoms with Gasteiger partial charge in [-0.15, -0.1) is 0 Å². The number of aliphatic carboxylic acids is 1. The maximum absolute atomic E-state index is 11.2. The normalized spacial score (nSPS) is 10.3. The van der Waals surface area contributed by atoms with Crippen LogP contribution in [0.25, 0.3) is 11.0 Å². The Morgan fingerprint density at radius 1 is 1.08 bits per heavy atom. The van der Waals surface area contributed by atoms with Gasteiger partial charge < -0.3 is 19.9 Å². The van der Waals surface area contributed by atoms with E-state index >= 15 is 0 Å². The second kappa shape index (κ2) is 7.47. The zero-order chi connectivity index (χ0) is 18.5. The lowest BCUT2D eigenvalue weighted by atomic mass is 10.2. The number of benzene rings is 2. The molecule has 0 aliphatic rings. The van der Waals surface area contributed by atoms with Crippen LogP contribution >= 0.6 is 0 Å². The van der Waals surface area contributed by atoms with Crippen molar-refractivity contribution in [3.8, 4) is 17.4 Å². The number of carbonyl (C=O) groups excluding carboxylic acids is 1. The van der Waals surface area contributed by atoms with Crippen LogP contribution in [-0.2, 0) is 9.59 Å². The molecule has 0 atom stereocenters. The van der Waals surface area contributed by atoms with Crippen LogP contribution in [0.4, 0.5) is 5.69 Å². The van der Waals surface area contributed by atoms with Crippen LogP contribution in [0.1, 0.15) is 6.92 Å². The van der Waals surface area contributed by atoms with Crippen LogP contribution in [0.2, 0.25) is 0 Å². The number of fused-ring (bicyclic) bond motifs is 1. The maximum atomic E-state index is 11.2. The topological polar surface area (TPSA) is 111 Å². The minimum Gasteiger partial charge on any atom is -0.482 e. The quantitative estimate of drug-likeness (QED) is 0.701. The minimum absolute atomic E-state index is 0.171. The second-order valence-corrected chi connectivity index (χ2v) is 5.35. The molecule has 0 saturated carbocycles. The molecular weight excluding hydrogens is 338 g/mol. The first-order chi connectivity index (χ1) is 12.5. The van der Waals surface area contributed by atoms with Crippen molar-refractivity contribution in [2.24, 2.45) is 0 Å². The highest BCUT2D eigenvalue weighted by atomic mass is 16.5. The van der Waals surface area contributed by atoms with Crippen LogP contribution in [-0.4, -0.2) is 33.6 Å². The third kappa shape index (κ3) is 4.44. The molecule has 0 spiro atoms. The number of ether oxygens (including phenoxy) is 2. The van der Waals surface area contributed by atoms with E-state index in [1.165, 1.54) is 13.1 Å². The lowest BCUT2D eigenvalue weighted by molar-refractivity contribution is -0.139. The van der Waals surface area contributed by atoms with Gasteiger partial charge in [0.05, 0.1) is 17.2 Å². The molecule has 1 amide bonds. The number of nitrogens with zero attached hydrogens (tertiary/aromatic N) is 2. The SMILES string of the molecule is CC(=O)Nc1ccc2ncc(Oc3ccc(OCC(=O)O)cc3)nc2c1. The molecule has 132 valence electrons. The van der Waals surface area contributed by atoms with Crippen LogP contribution in [0.3, 0.4) is 0 Å². The van der Waals surface area contributed by atoms with Gasteiger partial charge in [-0.2, -0.15) is 0 Å². The summed E-state index contributed by atoms with van der Waals surface area (Å²) in [6.45, 7) is 1.02. The number of aromatic nitrogens is 2. The molecule has 0 saturated heterocycles. The van der Waals surface area contributed by atoms with Crippen LogP contribution in [0, 0.1) is 0 Å². The minimum atomic E-state index is -1.05. The first kappa shape index (κ1) is 17.2. The van der Waals surface area contributed by atoms with Gasteiger partial charge in [-0.3, -0.25) is 4.79 Å². The Bertz CT molecular complexity index is 957. The number of nitrogens with one attached hydrogen (secondary N) is 1. The van der Waals surface area contributed by atoms with Crippen LogP contribution in [0.5, 0.6) is 17.4 Å². The molecule has 3 rings (SSSR count). The Kier molecular flexibility index (Phi) is 4.93. The number of hydrogen-bond acceptors (Lipinski definition) is 6. The van der Waals surface area contributed by atoms with Gasteiger partial charge >= 0.3 is 5.97 Å². The summed E-state index contributed by atoms with van der Waals surface area (Å²) in [7, 11) is 0. The van der Waals surface area contributed by atoms with Crippen LogP contribution in [0.15, 0.2) is 48.7 Å². The Hall–Kier alpha value is -3.68. The Labute approximate surface area is 148 Å². The van der Waals surface area contributed by atoms with Gasteiger partial charge in [-0.05, 0) is 42.5 Å². The fourth-order valence-corrected chi connectivity index (χ4v) is 2.19. The average Bonchev–Trinajstić information content (AvgIpc) is 2.60. The van der Waals surface area contributed by atoms with Crippen molar-refractivity contribution in [2.45, 2.75) is 6.92 Å². The summed E-state index contributed by atoms with van der Waals surface area (Å²) < 4.78 is 10.7. The van der Waals surface area contributed by atoms with Crippen molar-refractivity contribution in [1.29, 1.82) is 0 Å². The molecule has 2 N–H and O–H groups in total. The molecule has 1 heterocycles. The summed E-state index contributed by atoms with van der Waals surface area (Å²) in [5, 5.41) is 11.3. The Balaban J connectivity index is 1.75. The summed E-state index contributed by atoms with van der Waals surface area (Å²) in [5.74, 6) is -0.00867. The maximum Gasteiger partial charge on any atom is 0.341 e. The summed E-state index contributed by atoms with van der Waals surface area (Å²) in [5.41, 5.74) is 1.87. The van der Waals surface area contributed by atoms with Crippen molar-refractivity contribution in [1.82, 2.24) is 9.97 Å². The Morgan fingerprint density at radius 2 is 1.81 bits per heavy atom. The highest BCUT2D eigenvalue weighted by molar-refractivity contribution is 5.91. The molecule has 26 heavy (non-hydrogen) atoms. The van der Waals surface area contributed by atoms with E-state index in [9.17, 15) is 9.59 Å². The smallest absolute Gasteiger partial charge is 0.341 e. The number of carboxylic acids is 1. The predicted octanol–water partition coefficient (Wildman–Crippen LogP) is 2.84. The first-order valence-corrected chi connectivity index (χ1v) is 7.66. The highest BCUT2D eigenvalue weighted by Crippen LogP contribution is 2.24. The summed E-state index contributed by atoms with van der Waals surface area (Å²) in [6.07, 6.45) is 1.50. The zero-order valence-electron chi connectivity index (χ0n) is 13.8. The van der Waals surface area contributed by atoms with E-state index in [1.54, 1.807) is 42.5 Å². The monoisotopic (exact) mass is 353 g/mol. The van der Waals surface area contributed by atoms with Crippen LogP contribution < -0.4 is 14.8 Å². The van der Waals surface area contributed by atoms with E-state index < -0.39 is 12.6 Å². The molecular formula is C18H15N3O5. The fraction of sp³-hybridized carbons (Fsp3) is 0.111. The van der Waals surface area contributed by atoms with Gasteiger partial charge in [0.25, 0.3) is 0 Å². The van der Waals surface area contributed by atoms with Crippen molar-refractivity contribution in [3.63, 3.8) is 0 Å². The second-order valence-electron chi connectivity index (χ2n) is 5.35. The van der Waals surface area contributed by atoms with E-state index in [0.29, 0.717) is 28.2 Å². The van der Waals surface area contributed by atoms with Gasteiger partial charge in [-0.25, -0.2) is 14.8 Å². The van der Waals surface area contributed by atoms with Crippen molar-refractivity contribution in [3.05, 3.63) is 48.7 Å². The number of carbonyl (C=O) groups is 2. The summed E-state index contributed by atoms with van der Waals surface area (Å²) >= 11 is 0. The molecule has 0 radical (unpaired) electrons. The summed E-state index contributed by atoms with van der Waals surface area (Å²) in [4.78, 5) is 30.3. The zero-order valence-corrected chi connectivity index (χ0v) is 13.8. The van der Waals surface area contributed by atoms with Gasteiger partial charge in [0.1, 0.15) is 11.5 Å². The van der Waals surface area contributed by atoms with Crippen molar-refractivity contribution >= 4 is 28.6 Å². The molecule has 8 nitrogen and oxygen atoms in total. The molecule has 8 heteroatoms. The van der Waals surface area contributed by atoms with E-state index in [4.69, 9.17) is 14.6 Å². The molecule has 0 fully saturated rings.